The Morgan fingerprint density at radius 2 is 2.06 bits per heavy atom. The Morgan fingerprint density at radius 1 is 1.23 bits per heavy atom. The van der Waals surface area contributed by atoms with Gasteiger partial charge in [-0.2, -0.15) is 10.1 Å². The second-order valence-electron chi connectivity index (χ2n) is 8.84. The zero-order valence-corrected chi connectivity index (χ0v) is 18.3. The normalized spacial score (nSPS) is 17.8. The van der Waals surface area contributed by atoms with Gasteiger partial charge in [0.15, 0.2) is 0 Å². The number of aryl methyl sites for hydroxylation is 2. The SMILES string of the molecule is Cc1nc2nc(C)c(NC(=O)N3CCc4c(N5CCNC(C)(C)C5)ccnc43)cn2n1. The number of hydrogen-bond acceptors (Lipinski definition) is 7. The maximum atomic E-state index is 13.1. The number of piperazine rings is 1. The number of amides is 2. The van der Waals surface area contributed by atoms with Crippen molar-refractivity contribution in [3.05, 3.63) is 35.5 Å². The van der Waals surface area contributed by atoms with E-state index in [2.05, 4.69) is 55.5 Å². The summed E-state index contributed by atoms with van der Waals surface area (Å²) in [6, 6.07) is 1.85. The van der Waals surface area contributed by atoms with Gasteiger partial charge in [-0.3, -0.25) is 4.90 Å². The Kier molecular flexibility index (Phi) is 4.54. The van der Waals surface area contributed by atoms with Crippen LogP contribution in [0, 0.1) is 13.8 Å². The first-order valence-corrected chi connectivity index (χ1v) is 10.6. The molecule has 1 fully saturated rings. The number of nitrogens with one attached hydrogen (secondary N) is 2. The predicted octanol–water partition coefficient (Wildman–Crippen LogP) is 1.92. The molecule has 5 heterocycles. The number of hydrogen-bond donors (Lipinski definition) is 2. The predicted molar refractivity (Wildman–Crippen MR) is 119 cm³/mol. The Balaban J connectivity index is 1.40. The molecule has 1 saturated heterocycles. The minimum atomic E-state index is -0.217. The van der Waals surface area contributed by atoms with Gasteiger partial charge in [0, 0.05) is 49.2 Å². The fraction of sp³-hybridized carbons (Fsp3) is 0.476. The van der Waals surface area contributed by atoms with Crippen LogP contribution in [0.2, 0.25) is 0 Å². The van der Waals surface area contributed by atoms with E-state index in [1.54, 1.807) is 21.8 Å². The number of aromatic nitrogens is 5. The molecule has 2 aliphatic rings. The highest BCUT2D eigenvalue weighted by molar-refractivity contribution is 6.03. The average Bonchev–Trinajstić information content (AvgIpc) is 3.29. The zero-order chi connectivity index (χ0) is 21.8. The maximum absolute atomic E-state index is 13.1. The van der Waals surface area contributed by atoms with Gasteiger partial charge in [0.25, 0.3) is 5.78 Å². The highest BCUT2D eigenvalue weighted by Gasteiger charge is 2.32. The van der Waals surface area contributed by atoms with Crippen LogP contribution in [0.5, 0.6) is 0 Å². The van der Waals surface area contributed by atoms with E-state index >= 15 is 0 Å². The van der Waals surface area contributed by atoms with Crippen LogP contribution < -0.4 is 20.4 Å². The van der Waals surface area contributed by atoms with Gasteiger partial charge in [-0.25, -0.2) is 19.3 Å². The summed E-state index contributed by atoms with van der Waals surface area (Å²) in [6.45, 7) is 11.5. The average molecular weight is 422 g/mol. The maximum Gasteiger partial charge on any atom is 0.327 e. The molecule has 5 rings (SSSR count). The summed E-state index contributed by atoms with van der Waals surface area (Å²) in [7, 11) is 0. The van der Waals surface area contributed by atoms with Crippen molar-refractivity contribution in [2.75, 3.05) is 41.3 Å². The summed E-state index contributed by atoms with van der Waals surface area (Å²) in [4.78, 5) is 30.5. The summed E-state index contributed by atoms with van der Waals surface area (Å²) in [5.41, 5.74) is 3.65. The monoisotopic (exact) mass is 421 g/mol. The van der Waals surface area contributed by atoms with Gasteiger partial charge in [0.2, 0.25) is 0 Å². The highest BCUT2D eigenvalue weighted by atomic mass is 16.2. The van der Waals surface area contributed by atoms with Crippen LogP contribution in [0.1, 0.15) is 30.9 Å². The fourth-order valence-electron chi connectivity index (χ4n) is 4.43. The van der Waals surface area contributed by atoms with E-state index in [0.29, 0.717) is 29.5 Å². The van der Waals surface area contributed by atoms with E-state index in [-0.39, 0.29) is 11.6 Å². The van der Waals surface area contributed by atoms with Crippen LogP contribution in [-0.4, -0.2) is 62.3 Å². The van der Waals surface area contributed by atoms with E-state index in [9.17, 15) is 4.79 Å². The molecule has 2 aliphatic heterocycles. The largest absolute Gasteiger partial charge is 0.368 e. The molecule has 0 unspecified atom stereocenters. The first-order valence-electron chi connectivity index (χ1n) is 10.6. The van der Waals surface area contributed by atoms with Crippen molar-refractivity contribution in [2.45, 2.75) is 39.7 Å². The van der Waals surface area contributed by atoms with Gasteiger partial charge in [0.1, 0.15) is 11.6 Å². The topological polar surface area (TPSA) is 104 Å². The number of nitrogens with zero attached hydrogens (tertiary/aromatic N) is 7. The number of carbonyl (C=O) groups excluding carboxylic acids is 1. The summed E-state index contributed by atoms with van der Waals surface area (Å²) < 4.78 is 1.58. The molecule has 0 aliphatic carbocycles. The number of anilines is 3. The lowest BCUT2D eigenvalue weighted by molar-refractivity contribution is 0.257. The third-order valence-corrected chi connectivity index (χ3v) is 5.88. The second kappa shape index (κ2) is 7.16. The molecule has 0 radical (unpaired) electrons. The lowest BCUT2D eigenvalue weighted by Gasteiger charge is -2.41. The zero-order valence-electron chi connectivity index (χ0n) is 18.3. The molecular formula is C21H27N9O. The molecule has 10 heteroatoms. The quantitative estimate of drug-likeness (QED) is 0.651. The standard InChI is InChI=1S/C21H27N9O/c1-13-16(11-30-19(24-13)25-14(2)27-30)26-20(31)29-9-6-15-17(5-7-22-18(15)29)28-10-8-23-21(3,4)12-28/h5,7,11,23H,6,8-10,12H2,1-4H3,(H,26,31). The van der Waals surface area contributed by atoms with Crippen LogP contribution in [0.15, 0.2) is 18.5 Å². The second-order valence-corrected chi connectivity index (χ2v) is 8.84. The fourth-order valence-corrected chi connectivity index (χ4v) is 4.43. The smallest absolute Gasteiger partial charge is 0.327 e. The third-order valence-electron chi connectivity index (χ3n) is 5.88. The molecular weight excluding hydrogens is 394 g/mol. The Bertz CT molecular complexity index is 1170. The van der Waals surface area contributed by atoms with Gasteiger partial charge in [-0.15, -0.1) is 0 Å². The van der Waals surface area contributed by atoms with E-state index in [4.69, 9.17) is 0 Å². The minimum absolute atomic E-state index is 0.0486. The number of rotatable bonds is 2. The van der Waals surface area contributed by atoms with E-state index in [0.717, 1.165) is 37.4 Å². The molecule has 10 nitrogen and oxygen atoms in total. The van der Waals surface area contributed by atoms with Gasteiger partial charge >= 0.3 is 6.03 Å². The molecule has 2 N–H and O–H groups in total. The van der Waals surface area contributed by atoms with Gasteiger partial charge < -0.3 is 15.5 Å². The first kappa shape index (κ1) is 19.7. The van der Waals surface area contributed by atoms with Crippen molar-refractivity contribution in [2.24, 2.45) is 0 Å². The molecule has 0 spiro atoms. The molecule has 3 aromatic heterocycles. The van der Waals surface area contributed by atoms with E-state index in [1.165, 1.54) is 5.69 Å². The molecule has 0 saturated carbocycles. The van der Waals surface area contributed by atoms with Crippen molar-refractivity contribution in [1.82, 2.24) is 29.9 Å². The Morgan fingerprint density at radius 3 is 2.87 bits per heavy atom. The summed E-state index contributed by atoms with van der Waals surface area (Å²) >= 11 is 0. The van der Waals surface area contributed by atoms with Crippen LogP contribution in [0.3, 0.4) is 0 Å². The molecule has 0 bridgehead atoms. The van der Waals surface area contributed by atoms with Gasteiger partial charge in [-0.1, -0.05) is 0 Å². The molecule has 0 aromatic carbocycles. The highest BCUT2D eigenvalue weighted by Crippen LogP contribution is 2.35. The van der Waals surface area contributed by atoms with Crippen molar-refractivity contribution in [3.8, 4) is 0 Å². The van der Waals surface area contributed by atoms with Crippen molar-refractivity contribution >= 4 is 29.0 Å². The van der Waals surface area contributed by atoms with Gasteiger partial charge in [-0.05, 0) is 40.2 Å². The van der Waals surface area contributed by atoms with E-state index in [1.807, 2.05) is 13.8 Å². The van der Waals surface area contributed by atoms with Crippen molar-refractivity contribution in [3.63, 3.8) is 0 Å². The Hall–Kier alpha value is -3.27. The lowest BCUT2D eigenvalue weighted by Crippen LogP contribution is -2.57. The molecule has 3 aromatic rings. The van der Waals surface area contributed by atoms with Crippen molar-refractivity contribution in [1.29, 1.82) is 0 Å². The number of carbonyl (C=O) groups is 1. The van der Waals surface area contributed by atoms with Crippen molar-refractivity contribution < 1.29 is 4.79 Å². The minimum Gasteiger partial charge on any atom is -0.368 e. The third kappa shape index (κ3) is 3.56. The lowest BCUT2D eigenvalue weighted by atomic mass is 10.0. The van der Waals surface area contributed by atoms with Crippen LogP contribution >= 0.6 is 0 Å². The van der Waals surface area contributed by atoms with Crippen LogP contribution in [0.4, 0.5) is 22.0 Å². The summed E-state index contributed by atoms with van der Waals surface area (Å²) in [6.07, 6.45) is 4.33. The van der Waals surface area contributed by atoms with E-state index < -0.39 is 0 Å². The summed E-state index contributed by atoms with van der Waals surface area (Å²) in [5.74, 6) is 1.89. The van der Waals surface area contributed by atoms with Crippen LogP contribution in [0.25, 0.3) is 5.78 Å². The first-order chi connectivity index (χ1) is 14.8. The number of fused-ring (bicyclic) bond motifs is 2. The number of urea groups is 1. The Labute approximate surface area is 180 Å². The summed E-state index contributed by atoms with van der Waals surface area (Å²) in [5, 5.41) is 10.8. The van der Waals surface area contributed by atoms with Gasteiger partial charge in [0.05, 0.1) is 17.6 Å². The molecule has 2 amide bonds. The molecule has 162 valence electrons. The molecule has 0 atom stereocenters. The number of pyridine rings is 1. The molecule has 31 heavy (non-hydrogen) atoms. The van der Waals surface area contributed by atoms with Crippen LogP contribution in [-0.2, 0) is 6.42 Å².